The summed E-state index contributed by atoms with van der Waals surface area (Å²) in [6, 6.07) is 8.29. The molecule has 0 bridgehead atoms. The highest BCUT2D eigenvalue weighted by atomic mass is 16.5. The largest absolute Gasteiger partial charge is 0.480 e. The molecule has 1 amide bonds. The number of carbonyl (C=O) groups is 1. The summed E-state index contributed by atoms with van der Waals surface area (Å²) in [5, 5.41) is 0. The van der Waals surface area contributed by atoms with Crippen LogP contribution in [0.3, 0.4) is 0 Å². The summed E-state index contributed by atoms with van der Waals surface area (Å²) in [6.45, 7) is 3.37. The number of hydrogen-bond acceptors (Lipinski definition) is 5. The fraction of sp³-hybridized carbons (Fsp3) is 0.421. The maximum atomic E-state index is 12.4. The Kier molecular flexibility index (Phi) is 5.48. The molecule has 1 atom stereocenters. The summed E-state index contributed by atoms with van der Waals surface area (Å²) in [6.07, 6.45) is 5.13. The molecule has 6 nitrogen and oxygen atoms in total. The average molecular weight is 341 g/mol. The van der Waals surface area contributed by atoms with E-state index in [9.17, 15) is 4.79 Å². The molecule has 0 N–H and O–H groups in total. The van der Waals surface area contributed by atoms with Gasteiger partial charge in [-0.1, -0.05) is 29.8 Å². The Labute approximate surface area is 147 Å². The average Bonchev–Trinajstić information content (AvgIpc) is 3.08. The summed E-state index contributed by atoms with van der Waals surface area (Å²) in [4.78, 5) is 22.5. The summed E-state index contributed by atoms with van der Waals surface area (Å²) in [5.41, 5.74) is 2.42. The van der Waals surface area contributed by atoms with Gasteiger partial charge in [0.1, 0.15) is 6.10 Å². The zero-order chi connectivity index (χ0) is 17.6. The van der Waals surface area contributed by atoms with Crippen LogP contribution in [-0.2, 0) is 11.2 Å². The van der Waals surface area contributed by atoms with Crippen molar-refractivity contribution in [2.75, 3.05) is 20.2 Å². The van der Waals surface area contributed by atoms with Gasteiger partial charge in [0.15, 0.2) is 0 Å². The second kappa shape index (κ2) is 7.96. The summed E-state index contributed by atoms with van der Waals surface area (Å²) in [7, 11) is 1.54. The van der Waals surface area contributed by atoms with E-state index in [4.69, 9.17) is 9.47 Å². The van der Waals surface area contributed by atoms with E-state index >= 15 is 0 Å². The minimum absolute atomic E-state index is 0.0516. The molecule has 0 aliphatic carbocycles. The standard InChI is InChI=1S/C19H23N3O3/c1-14-4-3-5-15(10-14)6-7-19(23)22-9-8-16(13-22)25-18-12-20-11-17(21-18)24-2/h3-5,10-12,16H,6-9,13H2,1-2H3/t16-/m1/s1. The van der Waals surface area contributed by atoms with E-state index in [1.807, 2.05) is 11.0 Å². The Morgan fingerprint density at radius 1 is 1.32 bits per heavy atom. The summed E-state index contributed by atoms with van der Waals surface area (Å²) >= 11 is 0. The smallest absolute Gasteiger partial charge is 0.235 e. The molecule has 1 aromatic carbocycles. The highest BCUT2D eigenvalue weighted by Gasteiger charge is 2.27. The van der Waals surface area contributed by atoms with Gasteiger partial charge in [-0.05, 0) is 18.9 Å². The Bertz CT molecular complexity index is 735. The third kappa shape index (κ3) is 4.68. The maximum Gasteiger partial charge on any atom is 0.235 e. The van der Waals surface area contributed by atoms with Crippen molar-refractivity contribution in [2.24, 2.45) is 0 Å². The van der Waals surface area contributed by atoms with E-state index in [0.717, 1.165) is 12.8 Å². The van der Waals surface area contributed by atoms with Crippen molar-refractivity contribution in [3.63, 3.8) is 0 Å². The van der Waals surface area contributed by atoms with E-state index in [1.54, 1.807) is 6.20 Å². The molecule has 0 spiro atoms. The molecular weight excluding hydrogens is 318 g/mol. The van der Waals surface area contributed by atoms with Gasteiger partial charge in [-0.2, -0.15) is 4.98 Å². The highest BCUT2D eigenvalue weighted by molar-refractivity contribution is 5.76. The topological polar surface area (TPSA) is 64.6 Å². The van der Waals surface area contributed by atoms with Crippen molar-refractivity contribution in [3.05, 3.63) is 47.8 Å². The fourth-order valence-corrected chi connectivity index (χ4v) is 2.98. The third-order valence-electron chi connectivity index (χ3n) is 4.29. The zero-order valence-electron chi connectivity index (χ0n) is 14.6. The predicted molar refractivity (Wildman–Crippen MR) is 93.7 cm³/mol. The minimum atomic E-state index is -0.0516. The second-order valence-electron chi connectivity index (χ2n) is 6.26. The summed E-state index contributed by atoms with van der Waals surface area (Å²) in [5.74, 6) is 1.02. The van der Waals surface area contributed by atoms with Gasteiger partial charge in [-0.3, -0.25) is 9.78 Å². The molecule has 1 aliphatic rings. The van der Waals surface area contributed by atoms with Crippen molar-refractivity contribution in [2.45, 2.75) is 32.3 Å². The molecule has 25 heavy (non-hydrogen) atoms. The van der Waals surface area contributed by atoms with Crippen LogP contribution in [0.2, 0.25) is 0 Å². The predicted octanol–water partition coefficient (Wildman–Crippen LogP) is 2.41. The van der Waals surface area contributed by atoms with Crippen LogP contribution in [0, 0.1) is 6.92 Å². The molecule has 2 heterocycles. The van der Waals surface area contributed by atoms with Gasteiger partial charge in [0.05, 0.1) is 26.0 Å². The van der Waals surface area contributed by atoms with E-state index in [2.05, 4.69) is 35.1 Å². The lowest BCUT2D eigenvalue weighted by atomic mass is 10.1. The fourth-order valence-electron chi connectivity index (χ4n) is 2.98. The zero-order valence-corrected chi connectivity index (χ0v) is 14.6. The molecule has 2 aromatic rings. The van der Waals surface area contributed by atoms with Gasteiger partial charge >= 0.3 is 0 Å². The molecular formula is C19H23N3O3. The van der Waals surface area contributed by atoms with Gasteiger partial charge in [0.25, 0.3) is 0 Å². The summed E-state index contributed by atoms with van der Waals surface area (Å²) < 4.78 is 10.9. The van der Waals surface area contributed by atoms with Gasteiger partial charge in [-0.25, -0.2) is 0 Å². The Balaban J connectivity index is 1.49. The highest BCUT2D eigenvalue weighted by Crippen LogP contribution is 2.19. The van der Waals surface area contributed by atoms with Crippen molar-refractivity contribution in [3.8, 4) is 11.8 Å². The first-order chi connectivity index (χ1) is 12.1. The maximum absolute atomic E-state index is 12.4. The number of aryl methyl sites for hydroxylation is 2. The van der Waals surface area contributed by atoms with Gasteiger partial charge in [0.2, 0.25) is 17.7 Å². The lowest BCUT2D eigenvalue weighted by Gasteiger charge is -2.17. The van der Waals surface area contributed by atoms with Crippen molar-refractivity contribution >= 4 is 5.91 Å². The molecule has 0 unspecified atom stereocenters. The molecule has 0 radical (unpaired) electrons. The van der Waals surface area contributed by atoms with Crippen molar-refractivity contribution in [1.29, 1.82) is 0 Å². The number of carbonyl (C=O) groups excluding carboxylic acids is 1. The normalized spacial score (nSPS) is 16.7. The molecule has 132 valence electrons. The molecule has 1 fully saturated rings. The first kappa shape index (κ1) is 17.2. The first-order valence-electron chi connectivity index (χ1n) is 8.50. The molecule has 6 heteroatoms. The van der Waals surface area contributed by atoms with E-state index < -0.39 is 0 Å². The number of benzene rings is 1. The van der Waals surface area contributed by atoms with Crippen molar-refractivity contribution < 1.29 is 14.3 Å². The Hall–Kier alpha value is -2.63. The SMILES string of the molecule is COc1cncc(O[C@@H]2CCN(C(=O)CCc3cccc(C)c3)C2)n1. The number of amides is 1. The number of ether oxygens (including phenoxy) is 2. The number of rotatable bonds is 6. The van der Waals surface area contributed by atoms with Crippen LogP contribution < -0.4 is 9.47 Å². The van der Waals surface area contributed by atoms with Gasteiger partial charge < -0.3 is 14.4 Å². The number of hydrogen-bond donors (Lipinski definition) is 0. The minimum Gasteiger partial charge on any atom is -0.480 e. The van der Waals surface area contributed by atoms with Crippen LogP contribution in [0.5, 0.6) is 11.8 Å². The number of nitrogens with zero attached hydrogens (tertiary/aromatic N) is 3. The third-order valence-corrected chi connectivity index (χ3v) is 4.29. The number of methoxy groups -OCH3 is 1. The van der Waals surface area contributed by atoms with Crippen LogP contribution in [0.25, 0.3) is 0 Å². The second-order valence-corrected chi connectivity index (χ2v) is 6.26. The molecule has 1 aliphatic heterocycles. The number of aromatic nitrogens is 2. The lowest BCUT2D eigenvalue weighted by Crippen LogP contribution is -2.31. The lowest BCUT2D eigenvalue weighted by molar-refractivity contribution is -0.130. The van der Waals surface area contributed by atoms with Gasteiger partial charge in [-0.15, -0.1) is 0 Å². The molecule has 1 saturated heterocycles. The van der Waals surface area contributed by atoms with Crippen LogP contribution in [-0.4, -0.2) is 47.1 Å². The van der Waals surface area contributed by atoms with Gasteiger partial charge in [0, 0.05) is 19.4 Å². The van der Waals surface area contributed by atoms with Crippen LogP contribution in [0.15, 0.2) is 36.7 Å². The number of likely N-dealkylation sites (tertiary alicyclic amines) is 1. The van der Waals surface area contributed by atoms with E-state index in [-0.39, 0.29) is 12.0 Å². The van der Waals surface area contributed by atoms with E-state index in [1.165, 1.54) is 24.4 Å². The molecule has 3 rings (SSSR count). The van der Waals surface area contributed by atoms with Crippen LogP contribution in [0.1, 0.15) is 24.0 Å². The van der Waals surface area contributed by atoms with Crippen LogP contribution in [0.4, 0.5) is 0 Å². The monoisotopic (exact) mass is 341 g/mol. The van der Waals surface area contributed by atoms with Crippen molar-refractivity contribution in [1.82, 2.24) is 14.9 Å². The van der Waals surface area contributed by atoms with E-state index in [0.29, 0.717) is 31.3 Å². The molecule has 1 aromatic heterocycles. The Morgan fingerprint density at radius 2 is 2.16 bits per heavy atom. The molecule has 0 saturated carbocycles. The Morgan fingerprint density at radius 3 is 2.96 bits per heavy atom. The quantitative estimate of drug-likeness (QED) is 0.807. The van der Waals surface area contributed by atoms with Crippen LogP contribution >= 0.6 is 0 Å². The first-order valence-corrected chi connectivity index (χ1v) is 8.50.